The molecular formula is C18H10ClF6N3OS. The van der Waals surface area contributed by atoms with Crippen molar-refractivity contribution in [2.75, 3.05) is 5.32 Å². The van der Waals surface area contributed by atoms with Gasteiger partial charge in [0.25, 0.3) is 5.91 Å². The number of alkyl halides is 6. The molecule has 0 aliphatic rings. The van der Waals surface area contributed by atoms with Crippen LogP contribution in [-0.4, -0.2) is 15.9 Å². The molecule has 0 saturated carbocycles. The lowest BCUT2D eigenvalue weighted by molar-refractivity contribution is -0.141. The summed E-state index contributed by atoms with van der Waals surface area (Å²) in [6.07, 6.45) is -8.90. The third-order valence-corrected chi connectivity index (χ3v) is 5.07. The summed E-state index contributed by atoms with van der Waals surface area (Å²) >= 11 is 6.52. The van der Waals surface area contributed by atoms with Crippen LogP contribution in [0.2, 0.25) is 5.02 Å². The minimum absolute atomic E-state index is 0.0239. The Bertz CT molecular complexity index is 1110. The van der Waals surface area contributed by atoms with Crippen molar-refractivity contribution in [3.63, 3.8) is 0 Å². The summed E-state index contributed by atoms with van der Waals surface area (Å²) in [7, 11) is 0. The molecule has 1 amide bonds. The predicted molar refractivity (Wildman–Crippen MR) is 99.5 cm³/mol. The first-order chi connectivity index (χ1) is 13.9. The van der Waals surface area contributed by atoms with Gasteiger partial charge in [-0.05, 0) is 19.1 Å². The Balaban J connectivity index is 1.99. The van der Waals surface area contributed by atoms with Crippen LogP contribution in [0.1, 0.15) is 25.9 Å². The molecule has 0 saturated heterocycles. The van der Waals surface area contributed by atoms with E-state index < -0.39 is 34.4 Å². The highest BCUT2D eigenvalue weighted by Gasteiger charge is 2.39. The topological polar surface area (TPSA) is 54.9 Å². The molecule has 0 spiro atoms. The van der Waals surface area contributed by atoms with E-state index in [0.29, 0.717) is 23.6 Å². The molecule has 30 heavy (non-hydrogen) atoms. The van der Waals surface area contributed by atoms with Gasteiger partial charge in [-0.1, -0.05) is 29.8 Å². The lowest BCUT2D eigenvalue weighted by atomic mass is 10.1. The van der Waals surface area contributed by atoms with Crippen LogP contribution < -0.4 is 5.32 Å². The Labute approximate surface area is 174 Å². The number of halogens is 7. The minimum atomic E-state index is -4.82. The molecule has 12 heteroatoms. The number of carbonyl (C=O) groups excluding carboxylic acids is 1. The van der Waals surface area contributed by atoms with Crippen molar-refractivity contribution in [2.24, 2.45) is 0 Å². The van der Waals surface area contributed by atoms with E-state index in [1.807, 2.05) is 0 Å². The number of hydrogen-bond acceptors (Lipinski definition) is 4. The van der Waals surface area contributed by atoms with Crippen LogP contribution in [0.4, 0.5) is 32.0 Å². The van der Waals surface area contributed by atoms with E-state index in [2.05, 4.69) is 15.3 Å². The highest BCUT2D eigenvalue weighted by atomic mass is 35.5. The van der Waals surface area contributed by atoms with Gasteiger partial charge in [0, 0.05) is 11.8 Å². The van der Waals surface area contributed by atoms with Crippen LogP contribution in [0.25, 0.3) is 11.3 Å². The van der Waals surface area contributed by atoms with Crippen molar-refractivity contribution in [2.45, 2.75) is 19.3 Å². The molecule has 0 aliphatic heterocycles. The molecule has 3 aromatic rings. The zero-order valence-electron chi connectivity index (χ0n) is 14.8. The predicted octanol–water partition coefficient (Wildman–Crippen LogP) is 6.46. The molecule has 0 radical (unpaired) electrons. The first-order valence-electron chi connectivity index (χ1n) is 8.06. The van der Waals surface area contributed by atoms with Crippen molar-refractivity contribution in [3.05, 3.63) is 62.7 Å². The van der Waals surface area contributed by atoms with Crippen molar-refractivity contribution < 1.29 is 31.1 Å². The highest BCUT2D eigenvalue weighted by Crippen LogP contribution is 2.38. The fourth-order valence-corrected chi connectivity index (χ4v) is 3.64. The molecule has 0 bridgehead atoms. The number of anilines is 1. The van der Waals surface area contributed by atoms with Crippen LogP contribution >= 0.6 is 22.9 Å². The zero-order chi connectivity index (χ0) is 22.3. The summed E-state index contributed by atoms with van der Waals surface area (Å²) in [5.41, 5.74) is -2.29. The first-order valence-corrected chi connectivity index (χ1v) is 9.25. The molecule has 2 heterocycles. The van der Waals surface area contributed by atoms with Gasteiger partial charge >= 0.3 is 12.4 Å². The van der Waals surface area contributed by atoms with E-state index in [4.69, 9.17) is 11.6 Å². The Morgan fingerprint density at radius 1 is 1.10 bits per heavy atom. The van der Waals surface area contributed by atoms with Gasteiger partial charge in [-0.3, -0.25) is 9.78 Å². The van der Waals surface area contributed by atoms with E-state index in [0.717, 1.165) is 0 Å². The largest absolute Gasteiger partial charge is 0.435 e. The molecular weight excluding hydrogens is 456 g/mol. The van der Waals surface area contributed by atoms with Gasteiger partial charge in [-0.25, -0.2) is 4.98 Å². The monoisotopic (exact) mass is 465 g/mol. The van der Waals surface area contributed by atoms with E-state index in [-0.39, 0.29) is 27.0 Å². The summed E-state index contributed by atoms with van der Waals surface area (Å²) in [6.45, 7) is 1.33. The Morgan fingerprint density at radius 3 is 2.37 bits per heavy atom. The van der Waals surface area contributed by atoms with Crippen molar-refractivity contribution >= 4 is 34.5 Å². The number of benzene rings is 1. The number of nitrogens with one attached hydrogen (secondary N) is 1. The van der Waals surface area contributed by atoms with Gasteiger partial charge in [-0.2, -0.15) is 26.3 Å². The molecule has 0 atom stereocenters. The van der Waals surface area contributed by atoms with E-state index >= 15 is 0 Å². The average molecular weight is 466 g/mol. The van der Waals surface area contributed by atoms with E-state index in [1.54, 1.807) is 0 Å². The fourth-order valence-electron chi connectivity index (χ4n) is 2.54. The smallest absolute Gasteiger partial charge is 0.321 e. The molecule has 1 aromatic carbocycles. The van der Waals surface area contributed by atoms with Gasteiger partial charge in [0.1, 0.15) is 4.88 Å². The summed E-state index contributed by atoms with van der Waals surface area (Å²) in [5, 5.41) is 2.05. The molecule has 4 nitrogen and oxygen atoms in total. The van der Waals surface area contributed by atoms with Gasteiger partial charge < -0.3 is 5.32 Å². The molecule has 3 rings (SSSR count). The van der Waals surface area contributed by atoms with Crippen LogP contribution in [0.15, 0.2) is 36.5 Å². The number of nitrogens with zero attached hydrogens (tertiary/aromatic N) is 2. The number of aromatic nitrogens is 2. The van der Waals surface area contributed by atoms with Gasteiger partial charge in [0.2, 0.25) is 0 Å². The van der Waals surface area contributed by atoms with E-state index in [1.165, 1.54) is 31.2 Å². The van der Waals surface area contributed by atoms with Crippen LogP contribution in [0.5, 0.6) is 0 Å². The lowest BCUT2D eigenvalue weighted by Crippen LogP contribution is -2.17. The summed E-state index contributed by atoms with van der Waals surface area (Å²) in [4.78, 5) is 19.0. The Morgan fingerprint density at radius 2 is 1.77 bits per heavy atom. The second-order valence-electron chi connectivity index (χ2n) is 5.96. The van der Waals surface area contributed by atoms with Crippen molar-refractivity contribution in [3.8, 4) is 11.3 Å². The maximum atomic E-state index is 13.1. The molecule has 2 aromatic heterocycles. The second-order valence-corrected chi connectivity index (χ2v) is 7.57. The quantitative estimate of drug-likeness (QED) is 0.452. The molecule has 0 aliphatic carbocycles. The number of amides is 1. The SMILES string of the molecule is Cc1nc(C(F)(F)F)c(C(=O)Nc2ccccc2-c2ncc(C(F)(F)F)cc2Cl)s1. The number of aryl methyl sites for hydroxylation is 1. The highest BCUT2D eigenvalue weighted by molar-refractivity contribution is 7.13. The lowest BCUT2D eigenvalue weighted by Gasteiger charge is -2.13. The van der Waals surface area contributed by atoms with Gasteiger partial charge in [0.15, 0.2) is 5.69 Å². The van der Waals surface area contributed by atoms with Crippen LogP contribution in [0, 0.1) is 6.92 Å². The molecule has 0 unspecified atom stereocenters. The number of hydrogen-bond donors (Lipinski definition) is 1. The Hall–Kier alpha value is -2.66. The molecule has 1 N–H and O–H groups in total. The first kappa shape index (κ1) is 22.0. The average Bonchev–Trinajstić information content (AvgIpc) is 3.04. The molecule has 158 valence electrons. The number of rotatable bonds is 3. The van der Waals surface area contributed by atoms with E-state index in [9.17, 15) is 31.1 Å². The third kappa shape index (κ3) is 4.57. The van der Waals surface area contributed by atoms with Gasteiger partial charge in [0.05, 0.1) is 27.0 Å². The second kappa shape index (κ2) is 7.88. The van der Waals surface area contributed by atoms with Crippen LogP contribution in [0.3, 0.4) is 0 Å². The van der Waals surface area contributed by atoms with Gasteiger partial charge in [-0.15, -0.1) is 11.3 Å². The summed E-state index contributed by atoms with van der Waals surface area (Å²) in [6, 6.07) is 6.46. The summed E-state index contributed by atoms with van der Waals surface area (Å²) in [5.74, 6) is -1.07. The van der Waals surface area contributed by atoms with Crippen molar-refractivity contribution in [1.29, 1.82) is 0 Å². The number of pyridine rings is 1. The number of thiazole rings is 1. The van der Waals surface area contributed by atoms with Crippen molar-refractivity contribution in [1.82, 2.24) is 9.97 Å². The maximum Gasteiger partial charge on any atom is 0.435 e. The summed E-state index contributed by atoms with van der Waals surface area (Å²) < 4.78 is 77.9. The molecule has 0 fully saturated rings. The fraction of sp³-hybridized carbons (Fsp3) is 0.167. The number of carbonyl (C=O) groups is 1. The standard InChI is InChI=1S/C18H10ClF6N3OS/c1-8-27-15(18(23,24)25)14(30-8)16(29)28-12-5-3-2-4-10(12)13-11(19)6-9(7-26-13)17(20,21)22/h2-7H,1H3,(H,28,29). The number of para-hydroxylation sites is 1. The minimum Gasteiger partial charge on any atom is -0.321 e. The Kier molecular flexibility index (Phi) is 5.79. The van der Waals surface area contributed by atoms with Crippen LogP contribution in [-0.2, 0) is 12.4 Å². The normalized spacial score (nSPS) is 12.1. The maximum absolute atomic E-state index is 13.1. The third-order valence-electron chi connectivity index (χ3n) is 3.81. The zero-order valence-corrected chi connectivity index (χ0v) is 16.4.